The van der Waals surface area contributed by atoms with Crippen LogP contribution in [-0.2, 0) is 0 Å². The van der Waals surface area contributed by atoms with Crippen LogP contribution in [0.4, 0.5) is 0 Å². The van der Waals surface area contributed by atoms with Crippen LogP contribution in [-0.4, -0.2) is 41.7 Å². The van der Waals surface area contributed by atoms with Crippen molar-refractivity contribution in [1.29, 1.82) is 0 Å². The van der Waals surface area contributed by atoms with E-state index in [0.29, 0.717) is 15.2 Å². The fraction of sp³-hybridized carbons (Fsp3) is 0.455. The van der Waals surface area contributed by atoms with Crippen molar-refractivity contribution >= 4 is 27.5 Å². The van der Waals surface area contributed by atoms with Crippen LogP contribution in [0.5, 0.6) is 5.75 Å². The molecule has 3 N–H and O–H groups in total. The summed E-state index contributed by atoms with van der Waals surface area (Å²) in [4.78, 5) is 0. The molecule has 0 aliphatic heterocycles. The molecule has 0 fully saturated rings. The van der Waals surface area contributed by atoms with E-state index < -0.39 is 5.41 Å². The molecule has 0 aromatic heterocycles. The molecule has 1 aromatic carbocycles. The summed E-state index contributed by atoms with van der Waals surface area (Å²) in [6, 6.07) is 5.19. The van der Waals surface area contributed by atoms with Crippen molar-refractivity contribution in [1.82, 2.24) is 0 Å². The van der Waals surface area contributed by atoms with Crippen molar-refractivity contribution in [3.05, 3.63) is 27.7 Å². The molecule has 4 nitrogen and oxygen atoms in total. The summed E-state index contributed by atoms with van der Waals surface area (Å²) >= 11 is 9.25. The van der Waals surface area contributed by atoms with Gasteiger partial charge in [-0.05, 0) is 28.1 Å². The topological polar surface area (TPSA) is 69.9 Å². The van der Waals surface area contributed by atoms with E-state index in [0.717, 1.165) is 0 Å². The molecular weight excluding hydrogens is 311 g/mol. The van der Waals surface area contributed by atoms with Crippen molar-refractivity contribution in [3.8, 4) is 5.75 Å². The monoisotopic (exact) mass is 324 g/mol. The van der Waals surface area contributed by atoms with Gasteiger partial charge in [-0.2, -0.15) is 0 Å². The third-order valence-electron chi connectivity index (χ3n) is 2.46. The summed E-state index contributed by atoms with van der Waals surface area (Å²) in [5.74, 6) is 0.431. The molecular formula is C11H14BrClO4. The maximum Gasteiger partial charge on any atom is 0.139 e. The first kappa shape index (κ1) is 14.7. The molecule has 0 radical (unpaired) electrons. The predicted molar refractivity (Wildman–Crippen MR) is 68.3 cm³/mol. The molecule has 6 heteroatoms. The van der Waals surface area contributed by atoms with Gasteiger partial charge in [-0.3, -0.25) is 0 Å². The first-order valence-corrected chi connectivity index (χ1v) is 6.15. The fourth-order valence-electron chi connectivity index (χ4n) is 1.11. The van der Waals surface area contributed by atoms with Gasteiger partial charge in [0, 0.05) is 4.47 Å². The minimum atomic E-state index is -1.06. The van der Waals surface area contributed by atoms with Crippen molar-refractivity contribution in [2.45, 2.75) is 0 Å². The van der Waals surface area contributed by atoms with Crippen LogP contribution in [0, 0.1) is 5.41 Å². The van der Waals surface area contributed by atoms with Crippen LogP contribution in [0.1, 0.15) is 0 Å². The molecule has 0 aliphatic rings. The first-order chi connectivity index (χ1) is 8.08. The van der Waals surface area contributed by atoms with Gasteiger partial charge < -0.3 is 20.1 Å². The zero-order valence-corrected chi connectivity index (χ0v) is 11.4. The molecule has 1 aromatic rings. The number of halogens is 2. The van der Waals surface area contributed by atoms with Gasteiger partial charge in [-0.15, -0.1) is 0 Å². The Labute approximate surface area is 113 Å². The van der Waals surface area contributed by atoms with E-state index in [1.54, 1.807) is 18.2 Å². The molecule has 0 amide bonds. The second-order valence-electron chi connectivity index (χ2n) is 3.81. The lowest BCUT2D eigenvalue weighted by Crippen LogP contribution is -2.39. The summed E-state index contributed by atoms with van der Waals surface area (Å²) < 4.78 is 6.11. The Morgan fingerprint density at radius 1 is 1.18 bits per heavy atom. The number of aliphatic hydroxyl groups is 3. The Kier molecular flexibility index (Phi) is 5.69. The Bertz CT molecular complexity index is 360. The summed E-state index contributed by atoms with van der Waals surface area (Å²) in [6.45, 7) is -1.13. The van der Waals surface area contributed by atoms with Gasteiger partial charge >= 0.3 is 0 Å². The molecule has 0 aliphatic carbocycles. The predicted octanol–water partition coefficient (Wildman–Crippen LogP) is 1.44. The number of benzene rings is 1. The average Bonchev–Trinajstić information content (AvgIpc) is 2.36. The Morgan fingerprint density at radius 2 is 1.76 bits per heavy atom. The zero-order valence-electron chi connectivity index (χ0n) is 9.07. The molecule has 0 spiro atoms. The minimum absolute atomic E-state index is 0.0212. The molecule has 1 rings (SSSR count). The first-order valence-electron chi connectivity index (χ1n) is 4.98. The van der Waals surface area contributed by atoms with Crippen LogP contribution in [0.25, 0.3) is 0 Å². The van der Waals surface area contributed by atoms with Crippen LogP contribution >= 0.6 is 27.5 Å². The molecule has 0 unspecified atom stereocenters. The van der Waals surface area contributed by atoms with Gasteiger partial charge in [0.05, 0.1) is 30.3 Å². The Hall–Kier alpha value is -0.330. The highest BCUT2D eigenvalue weighted by Crippen LogP contribution is 2.32. The van der Waals surface area contributed by atoms with E-state index in [1.807, 2.05) is 0 Å². The minimum Gasteiger partial charge on any atom is -0.491 e. The molecule has 0 saturated carbocycles. The van der Waals surface area contributed by atoms with Crippen LogP contribution in [0.3, 0.4) is 0 Å². The van der Waals surface area contributed by atoms with Gasteiger partial charge in [0.1, 0.15) is 12.4 Å². The normalized spacial score (nSPS) is 11.6. The van der Waals surface area contributed by atoms with Gasteiger partial charge in [-0.25, -0.2) is 0 Å². The number of hydrogen-bond donors (Lipinski definition) is 3. The molecule has 0 bridgehead atoms. The lowest BCUT2D eigenvalue weighted by molar-refractivity contribution is -0.0258. The second-order valence-corrected chi connectivity index (χ2v) is 5.05. The summed E-state index contributed by atoms with van der Waals surface area (Å²) in [5, 5.41) is 27.8. The van der Waals surface area contributed by atoms with Crippen LogP contribution < -0.4 is 4.74 Å². The van der Waals surface area contributed by atoms with E-state index in [1.165, 1.54) is 0 Å². The highest BCUT2D eigenvalue weighted by atomic mass is 79.9. The quantitative estimate of drug-likeness (QED) is 0.740. The third-order valence-corrected chi connectivity index (χ3v) is 3.74. The lowest BCUT2D eigenvalue weighted by Gasteiger charge is -2.27. The van der Waals surface area contributed by atoms with E-state index >= 15 is 0 Å². The molecule has 0 atom stereocenters. The van der Waals surface area contributed by atoms with Gasteiger partial charge in [0.15, 0.2) is 0 Å². The largest absolute Gasteiger partial charge is 0.491 e. The summed E-state index contributed by atoms with van der Waals surface area (Å²) in [7, 11) is 0. The number of rotatable bonds is 6. The molecule has 96 valence electrons. The average molecular weight is 326 g/mol. The maximum atomic E-state index is 9.14. The summed E-state index contributed by atoms with van der Waals surface area (Å²) in [5.41, 5.74) is -1.06. The number of aliphatic hydroxyl groups excluding tert-OH is 3. The lowest BCUT2D eigenvalue weighted by atomic mass is 9.93. The van der Waals surface area contributed by atoms with E-state index in [-0.39, 0.29) is 26.4 Å². The number of hydrogen-bond acceptors (Lipinski definition) is 4. The van der Waals surface area contributed by atoms with Crippen molar-refractivity contribution < 1.29 is 20.1 Å². The molecule has 0 heterocycles. The maximum absolute atomic E-state index is 9.14. The standard InChI is InChI=1S/C11H14BrClO4/c12-8-2-1-3-9(10(8)13)17-7-11(4-14,5-15)6-16/h1-3,14-16H,4-7H2. The fourth-order valence-corrected chi connectivity index (χ4v) is 1.64. The van der Waals surface area contributed by atoms with Crippen molar-refractivity contribution in [2.75, 3.05) is 26.4 Å². The summed E-state index contributed by atoms with van der Waals surface area (Å²) in [6.07, 6.45) is 0. The smallest absolute Gasteiger partial charge is 0.139 e. The van der Waals surface area contributed by atoms with E-state index in [9.17, 15) is 0 Å². The van der Waals surface area contributed by atoms with E-state index in [4.69, 9.17) is 31.7 Å². The van der Waals surface area contributed by atoms with Crippen LogP contribution in [0.2, 0.25) is 5.02 Å². The second kappa shape index (κ2) is 6.56. The molecule has 0 saturated heterocycles. The van der Waals surface area contributed by atoms with Gasteiger partial charge in [0.25, 0.3) is 0 Å². The van der Waals surface area contributed by atoms with E-state index in [2.05, 4.69) is 15.9 Å². The van der Waals surface area contributed by atoms with Gasteiger partial charge in [-0.1, -0.05) is 17.7 Å². The Morgan fingerprint density at radius 3 is 2.29 bits per heavy atom. The van der Waals surface area contributed by atoms with Crippen molar-refractivity contribution in [2.24, 2.45) is 5.41 Å². The molecule has 17 heavy (non-hydrogen) atoms. The van der Waals surface area contributed by atoms with Crippen LogP contribution in [0.15, 0.2) is 22.7 Å². The highest BCUT2D eigenvalue weighted by molar-refractivity contribution is 9.10. The third kappa shape index (κ3) is 3.56. The number of ether oxygens (including phenoxy) is 1. The SMILES string of the molecule is OCC(CO)(CO)COc1cccc(Br)c1Cl. The highest BCUT2D eigenvalue weighted by Gasteiger charge is 2.29. The van der Waals surface area contributed by atoms with Crippen molar-refractivity contribution in [3.63, 3.8) is 0 Å². The zero-order chi connectivity index (χ0) is 12.9. The Balaban J connectivity index is 2.75. The van der Waals surface area contributed by atoms with Gasteiger partial charge in [0.2, 0.25) is 0 Å².